The van der Waals surface area contributed by atoms with Crippen LogP contribution >= 0.6 is 0 Å². The normalized spacial score (nSPS) is 11.5. The van der Waals surface area contributed by atoms with Crippen molar-refractivity contribution in [3.05, 3.63) is 206 Å². The minimum Gasteiger partial charge on any atom is -0.453 e. The average molecular weight is 731 g/mol. The molecule has 2 heterocycles. The van der Waals surface area contributed by atoms with Gasteiger partial charge in [0.1, 0.15) is 11.1 Å². The second-order valence-electron chi connectivity index (χ2n) is 14.3. The van der Waals surface area contributed by atoms with Crippen LogP contribution < -0.4 is 4.90 Å². The molecule has 11 aromatic rings. The van der Waals surface area contributed by atoms with E-state index in [0.717, 1.165) is 88.7 Å². The predicted octanol–water partition coefficient (Wildman–Crippen LogP) is 15.0. The van der Waals surface area contributed by atoms with E-state index in [9.17, 15) is 0 Å². The van der Waals surface area contributed by atoms with Crippen molar-refractivity contribution in [1.29, 1.82) is 0 Å². The van der Waals surface area contributed by atoms with Gasteiger partial charge < -0.3 is 13.7 Å². The molecule has 0 N–H and O–H groups in total. The number of oxazole rings is 1. The summed E-state index contributed by atoms with van der Waals surface area (Å²) in [5.41, 5.74) is 13.8. The predicted molar refractivity (Wildman–Crippen MR) is 235 cm³/mol. The maximum atomic E-state index is 7.17. The molecular formula is C53H34N2O2. The average Bonchev–Trinajstić information content (AvgIpc) is 3.91. The van der Waals surface area contributed by atoms with Crippen LogP contribution in [-0.2, 0) is 0 Å². The van der Waals surface area contributed by atoms with Crippen molar-refractivity contribution in [2.45, 2.75) is 0 Å². The lowest BCUT2D eigenvalue weighted by atomic mass is 9.94. The zero-order chi connectivity index (χ0) is 37.7. The molecule has 9 aromatic carbocycles. The fraction of sp³-hybridized carbons (Fsp3) is 0. The SMILES string of the molecule is c1ccc(-c2ccc(N(c3ccc(-c4ccccc4)cc3)c3cccc4c3oc3c5ccccc5cc(-c5cccc6nc(-c7ccccc7)oc56)c43)cc2)cc1. The van der Waals surface area contributed by atoms with E-state index in [1.165, 1.54) is 11.1 Å². The van der Waals surface area contributed by atoms with Gasteiger partial charge in [0.15, 0.2) is 11.2 Å². The molecule has 57 heavy (non-hydrogen) atoms. The van der Waals surface area contributed by atoms with Gasteiger partial charge in [-0.15, -0.1) is 0 Å². The molecule has 0 fully saturated rings. The van der Waals surface area contributed by atoms with Crippen LogP contribution in [0.3, 0.4) is 0 Å². The summed E-state index contributed by atoms with van der Waals surface area (Å²) in [5, 5.41) is 4.20. The first-order valence-corrected chi connectivity index (χ1v) is 19.2. The number of rotatable bonds is 7. The molecule has 0 aliphatic rings. The lowest BCUT2D eigenvalue weighted by molar-refractivity contribution is 0.621. The van der Waals surface area contributed by atoms with E-state index in [0.29, 0.717) is 5.89 Å². The topological polar surface area (TPSA) is 42.4 Å². The standard InChI is InChI=1S/C53H34N2O2/c1-4-14-35(15-5-1)37-26-30-41(31-27-37)55(42-32-28-38(29-33-42)36-16-6-2-7-17-36)48-25-13-23-45-49-46(34-40-20-10-11-21-43(40)52(49)56-51(45)48)44-22-12-24-47-50(44)57-53(54-47)39-18-8-3-9-19-39/h1-34H. The van der Waals surface area contributed by atoms with E-state index in [4.69, 9.17) is 13.8 Å². The molecule has 0 radical (unpaired) electrons. The van der Waals surface area contributed by atoms with Crippen LogP contribution in [0.1, 0.15) is 0 Å². The summed E-state index contributed by atoms with van der Waals surface area (Å²) in [7, 11) is 0. The lowest BCUT2D eigenvalue weighted by Crippen LogP contribution is -2.10. The Labute approximate surface area is 329 Å². The molecule has 0 spiro atoms. The van der Waals surface area contributed by atoms with Gasteiger partial charge in [-0.2, -0.15) is 0 Å². The summed E-state index contributed by atoms with van der Waals surface area (Å²) in [6.07, 6.45) is 0. The molecule has 0 saturated heterocycles. The maximum Gasteiger partial charge on any atom is 0.227 e. The Balaban J connectivity index is 1.14. The summed E-state index contributed by atoms with van der Waals surface area (Å²) in [5.74, 6) is 0.599. The third kappa shape index (κ3) is 5.66. The van der Waals surface area contributed by atoms with Gasteiger partial charge in [-0.3, -0.25) is 0 Å². The molecule has 4 heteroatoms. The Morgan fingerprint density at radius 1 is 0.368 bits per heavy atom. The van der Waals surface area contributed by atoms with Crippen molar-refractivity contribution in [3.8, 4) is 44.8 Å². The summed E-state index contributed by atoms with van der Waals surface area (Å²) in [6, 6.07) is 72.0. The van der Waals surface area contributed by atoms with E-state index in [-0.39, 0.29) is 0 Å². The van der Waals surface area contributed by atoms with Gasteiger partial charge in [-0.1, -0.05) is 152 Å². The highest BCUT2D eigenvalue weighted by Crippen LogP contribution is 2.48. The smallest absolute Gasteiger partial charge is 0.227 e. The Morgan fingerprint density at radius 3 is 1.56 bits per heavy atom. The van der Waals surface area contributed by atoms with Crippen LogP contribution in [0.2, 0.25) is 0 Å². The minimum atomic E-state index is 0.599. The van der Waals surface area contributed by atoms with Crippen molar-refractivity contribution in [3.63, 3.8) is 0 Å². The second kappa shape index (κ2) is 13.6. The van der Waals surface area contributed by atoms with Crippen molar-refractivity contribution >= 4 is 60.9 Å². The van der Waals surface area contributed by atoms with Crippen LogP contribution in [0, 0.1) is 0 Å². The number of fused-ring (bicyclic) bond motifs is 6. The highest BCUT2D eigenvalue weighted by atomic mass is 16.3. The third-order valence-corrected chi connectivity index (χ3v) is 10.9. The zero-order valence-electron chi connectivity index (χ0n) is 30.8. The summed E-state index contributed by atoms with van der Waals surface area (Å²) < 4.78 is 13.8. The Hall–Kier alpha value is -7.69. The molecule has 0 amide bonds. The summed E-state index contributed by atoms with van der Waals surface area (Å²) >= 11 is 0. The Morgan fingerprint density at radius 2 is 0.912 bits per heavy atom. The molecule has 0 saturated carbocycles. The van der Waals surface area contributed by atoms with E-state index >= 15 is 0 Å². The number of benzene rings is 9. The van der Waals surface area contributed by atoms with Gasteiger partial charge in [0.2, 0.25) is 5.89 Å². The molecule has 4 nitrogen and oxygen atoms in total. The largest absolute Gasteiger partial charge is 0.453 e. The number of aromatic nitrogens is 1. The fourth-order valence-corrected chi connectivity index (χ4v) is 8.17. The van der Waals surface area contributed by atoms with Crippen LogP contribution in [0.4, 0.5) is 17.1 Å². The van der Waals surface area contributed by atoms with E-state index in [1.807, 2.05) is 36.4 Å². The van der Waals surface area contributed by atoms with Gasteiger partial charge in [-0.05, 0) is 87.8 Å². The van der Waals surface area contributed by atoms with Crippen LogP contribution in [0.5, 0.6) is 0 Å². The van der Waals surface area contributed by atoms with Crippen molar-refractivity contribution in [2.24, 2.45) is 0 Å². The van der Waals surface area contributed by atoms with Crippen LogP contribution in [0.15, 0.2) is 215 Å². The molecule has 0 aliphatic carbocycles. The first kappa shape index (κ1) is 32.7. The number of nitrogens with zero attached hydrogens (tertiary/aromatic N) is 2. The molecule has 0 bridgehead atoms. The zero-order valence-corrected chi connectivity index (χ0v) is 30.8. The molecule has 0 atom stereocenters. The minimum absolute atomic E-state index is 0.599. The van der Waals surface area contributed by atoms with Crippen LogP contribution in [-0.4, -0.2) is 4.98 Å². The monoisotopic (exact) mass is 730 g/mol. The Kier molecular flexibility index (Phi) is 7.78. The van der Waals surface area contributed by atoms with Gasteiger partial charge in [0.25, 0.3) is 0 Å². The third-order valence-electron chi connectivity index (χ3n) is 10.9. The highest BCUT2D eigenvalue weighted by Gasteiger charge is 2.24. The summed E-state index contributed by atoms with van der Waals surface area (Å²) in [4.78, 5) is 7.23. The Bertz CT molecular complexity index is 3120. The number of hydrogen-bond donors (Lipinski definition) is 0. The maximum absolute atomic E-state index is 7.17. The van der Waals surface area contributed by atoms with Gasteiger partial charge in [0.05, 0.1) is 5.69 Å². The molecular weight excluding hydrogens is 697 g/mol. The first-order valence-electron chi connectivity index (χ1n) is 19.2. The quantitative estimate of drug-likeness (QED) is 0.164. The van der Waals surface area contributed by atoms with Gasteiger partial charge in [-0.25, -0.2) is 4.98 Å². The van der Waals surface area contributed by atoms with Crippen LogP contribution in [0.25, 0.3) is 88.6 Å². The second-order valence-corrected chi connectivity index (χ2v) is 14.3. The fourth-order valence-electron chi connectivity index (χ4n) is 8.17. The van der Waals surface area contributed by atoms with Crippen molar-refractivity contribution in [2.75, 3.05) is 4.90 Å². The number of anilines is 3. The van der Waals surface area contributed by atoms with Gasteiger partial charge >= 0.3 is 0 Å². The number of hydrogen-bond acceptors (Lipinski definition) is 4. The molecule has 268 valence electrons. The number of furan rings is 1. The highest BCUT2D eigenvalue weighted by molar-refractivity contribution is 6.24. The number of para-hydroxylation sites is 2. The molecule has 0 unspecified atom stereocenters. The summed E-state index contributed by atoms with van der Waals surface area (Å²) in [6.45, 7) is 0. The lowest BCUT2D eigenvalue weighted by Gasteiger charge is -2.26. The molecule has 0 aliphatic heterocycles. The van der Waals surface area contributed by atoms with Gasteiger partial charge in [0, 0.05) is 38.7 Å². The molecule has 11 rings (SSSR count). The van der Waals surface area contributed by atoms with Crippen molar-refractivity contribution in [1.82, 2.24) is 4.98 Å². The first-order chi connectivity index (χ1) is 28.3. The van der Waals surface area contributed by atoms with E-state index < -0.39 is 0 Å². The van der Waals surface area contributed by atoms with E-state index in [2.05, 4.69) is 175 Å². The molecule has 2 aromatic heterocycles. The van der Waals surface area contributed by atoms with Crippen molar-refractivity contribution < 1.29 is 8.83 Å². The van der Waals surface area contributed by atoms with E-state index in [1.54, 1.807) is 0 Å².